The van der Waals surface area contributed by atoms with Crippen molar-refractivity contribution < 1.29 is 4.42 Å². The first-order valence-electron chi connectivity index (χ1n) is 16.8. The summed E-state index contributed by atoms with van der Waals surface area (Å²) in [5.41, 5.74) is 12.6. The second kappa shape index (κ2) is 13.5. The number of fused-ring (bicyclic) bond motifs is 5. The van der Waals surface area contributed by atoms with Gasteiger partial charge in [-0.05, 0) is 68.1 Å². The first-order valence-corrected chi connectivity index (χ1v) is 16.8. The van der Waals surface area contributed by atoms with Crippen molar-refractivity contribution in [3.63, 3.8) is 0 Å². The van der Waals surface area contributed by atoms with E-state index in [9.17, 15) is 0 Å². The first-order chi connectivity index (χ1) is 24.6. The summed E-state index contributed by atoms with van der Waals surface area (Å²) in [6.45, 7) is 4.43. The number of aliphatic imine (C=N–C) groups is 2. The summed E-state index contributed by atoms with van der Waals surface area (Å²) in [6.07, 6.45) is 6.90. The number of nitrogens with two attached hydrogens (primary N) is 1. The van der Waals surface area contributed by atoms with E-state index in [1.807, 2.05) is 48.5 Å². The zero-order valence-electron chi connectivity index (χ0n) is 27.6. The lowest BCUT2D eigenvalue weighted by Crippen LogP contribution is -2.16. The standard InChI is InChI=1S/C46H35N3O/c1-2-42-40(20-10-12-31-22-23-32-13-6-7-17-36(32)28-31)44-38(18-11-21-43(44)50-42)30-48-46(35-15-4-3-5-16-35)49-45(47)37-27-26-34-25-24-33-14-8-9-19-39(33)41(34)29-37/h2-11,13-29H,1,12,30H2,(H2,47,48,49)/b20-10-. The summed E-state index contributed by atoms with van der Waals surface area (Å²) >= 11 is 0. The lowest BCUT2D eigenvalue weighted by atomic mass is 10.00. The second-order valence-corrected chi connectivity index (χ2v) is 12.4. The van der Waals surface area contributed by atoms with Gasteiger partial charge in [0.15, 0.2) is 5.84 Å². The van der Waals surface area contributed by atoms with Gasteiger partial charge in [-0.2, -0.15) is 0 Å². The van der Waals surface area contributed by atoms with Gasteiger partial charge in [0.1, 0.15) is 17.2 Å². The van der Waals surface area contributed by atoms with Crippen LogP contribution in [0.15, 0.2) is 173 Å². The molecule has 0 fully saturated rings. The van der Waals surface area contributed by atoms with E-state index < -0.39 is 0 Å². The van der Waals surface area contributed by atoms with Crippen LogP contribution in [-0.2, 0) is 13.0 Å². The highest BCUT2D eigenvalue weighted by Gasteiger charge is 2.14. The van der Waals surface area contributed by atoms with Crippen molar-refractivity contribution in [2.75, 3.05) is 0 Å². The Labute approximate surface area is 291 Å². The van der Waals surface area contributed by atoms with Crippen LogP contribution in [0.1, 0.15) is 33.6 Å². The SMILES string of the molecule is C=Cc1oc2cccc(C/N=C(\N=C(/N)c3ccc4ccc5ccccc5c4c3)c3ccccc3)c2c1/C=C\Cc1ccc2ccccc2c1. The van der Waals surface area contributed by atoms with Crippen molar-refractivity contribution in [2.45, 2.75) is 13.0 Å². The number of nitrogens with zero attached hydrogens (tertiary/aromatic N) is 2. The normalized spacial score (nSPS) is 12.5. The highest BCUT2D eigenvalue weighted by molar-refractivity contribution is 6.14. The molecule has 0 radical (unpaired) electrons. The van der Waals surface area contributed by atoms with Crippen LogP contribution in [0.2, 0.25) is 0 Å². The summed E-state index contributed by atoms with van der Waals surface area (Å²) in [4.78, 5) is 10.0. The number of hydrogen-bond donors (Lipinski definition) is 1. The molecule has 7 aromatic carbocycles. The van der Waals surface area contributed by atoms with Crippen LogP contribution in [0.25, 0.3) is 55.4 Å². The maximum atomic E-state index is 6.74. The van der Waals surface area contributed by atoms with Gasteiger partial charge < -0.3 is 10.2 Å². The van der Waals surface area contributed by atoms with Gasteiger partial charge in [0.2, 0.25) is 0 Å². The van der Waals surface area contributed by atoms with Crippen molar-refractivity contribution in [2.24, 2.45) is 15.7 Å². The fourth-order valence-corrected chi connectivity index (χ4v) is 6.67. The Bertz CT molecular complexity index is 2630. The molecule has 0 bridgehead atoms. The molecular formula is C46H35N3O. The lowest BCUT2D eigenvalue weighted by molar-refractivity contribution is 0.603. The molecule has 240 valence electrons. The van der Waals surface area contributed by atoms with Crippen LogP contribution >= 0.6 is 0 Å². The molecule has 0 unspecified atom stereocenters. The van der Waals surface area contributed by atoms with Gasteiger partial charge in [0, 0.05) is 22.1 Å². The van der Waals surface area contributed by atoms with Crippen molar-refractivity contribution in [3.8, 4) is 0 Å². The average molecular weight is 646 g/mol. The predicted molar refractivity (Wildman–Crippen MR) is 212 cm³/mol. The Hall–Kier alpha value is -6.52. The number of rotatable bonds is 8. The average Bonchev–Trinajstić information content (AvgIpc) is 3.54. The Morgan fingerprint density at radius 3 is 2.22 bits per heavy atom. The van der Waals surface area contributed by atoms with E-state index in [0.29, 0.717) is 18.2 Å². The van der Waals surface area contributed by atoms with Crippen molar-refractivity contribution in [3.05, 3.63) is 192 Å². The predicted octanol–water partition coefficient (Wildman–Crippen LogP) is 11.1. The van der Waals surface area contributed by atoms with Gasteiger partial charge in [-0.3, -0.25) is 4.99 Å². The van der Waals surface area contributed by atoms with Crippen LogP contribution in [0.3, 0.4) is 0 Å². The summed E-state index contributed by atoms with van der Waals surface area (Å²) in [5, 5.41) is 8.18. The maximum Gasteiger partial charge on any atom is 0.157 e. The van der Waals surface area contributed by atoms with Crippen LogP contribution in [0, 0.1) is 0 Å². The van der Waals surface area contributed by atoms with Crippen molar-refractivity contribution in [1.29, 1.82) is 0 Å². The third-order valence-electron chi connectivity index (χ3n) is 9.20. The van der Waals surface area contributed by atoms with E-state index >= 15 is 0 Å². The van der Waals surface area contributed by atoms with E-state index in [-0.39, 0.29) is 0 Å². The number of benzene rings is 7. The fourth-order valence-electron chi connectivity index (χ4n) is 6.67. The lowest BCUT2D eigenvalue weighted by Gasteiger charge is -2.09. The molecule has 4 heteroatoms. The number of furan rings is 1. The van der Waals surface area contributed by atoms with Gasteiger partial charge in [-0.15, -0.1) is 0 Å². The highest BCUT2D eigenvalue weighted by Crippen LogP contribution is 2.32. The monoisotopic (exact) mass is 645 g/mol. The van der Waals surface area contributed by atoms with E-state index in [0.717, 1.165) is 56.2 Å². The van der Waals surface area contributed by atoms with Gasteiger partial charge >= 0.3 is 0 Å². The molecular weight excluding hydrogens is 611 g/mol. The van der Waals surface area contributed by atoms with E-state index in [1.165, 1.54) is 27.1 Å². The third kappa shape index (κ3) is 6.11. The molecule has 0 saturated carbocycles. The second-order valence-electron chi connectivity index (χ2n) is 12.4. The van der Waals surface area contributed by atoms with E-state index in [4.69, 9.17) is 20.1 Å². The zero-order valence-corrected chi connectivity index (χ0v) is 27.6. The van der Waals surface area contributed by atoms with E-state index in [2.05, 4.69) is 116 Å². The number of allylic oxidation sites excluding steroid dienone is 1. The smallest absolute Gasteiger partial charge is 0.157 e. The summed E-state index contributed by atoms with van der Waals surface area (Å²) in [5.74, 6) is 1.72. The minimum atomic E-state index is 0.391. The molecule has 0 amide bonds. The number of hydrogen-bond acceptors (Lipinski definition) is 2. The topological polar surface area (TPSA) is 63.9 Å². The summed E-state index contributed by atoms with van der Waals surface area (Å²) < 4.78 is 6.26. The first kappa shape index (κ1) is 30.8. The fraction of sp³-hybridized carbons (Fsp3) is 0.0435. The Morgan fingerprint density at radius 2 is 1.38 bits per heavy atom. The van der Waals surface area contributed by atoms with Crippen LogP contribution in [0.5, 0.6) is 0 Å². The molecule has 4 nitrogen and oxygen atoms in total. The molecule has 8 rings (SSSR count). The van der Waals surface area contributed by atoms with Crippen LogP contribution in [-0.4, -0.2) is 11.7 Å². The quantitative estimate of drug-likeness (QED) is 0.102. The van der Waals surface area contributed by atoms with Gasteiger partial charge in [0.25, 0.3) is 0 Å². The molecule has 2 N–H and O–H groups in total. The molecule has 1 heterocycles. The molecule has 1 aromatic heterocycles. The summed E-state index contributed by atoms with van der Waals surface area (Å²) in [7, 11) is 0. The molecule has 8 aromatic rings. The van der Waals surface area contributed by atoms with Crippen LogP contribution in [0.4, 0.5) is 0 Å². The molecule has 0 aliphatic heterocycles. The highest BCUT2D eigenvalue weighted by atomic mass is 16.3. The number of amidine groups is 2. The molecule has 0 aliphatic carbocycles. The van der Waals surface area contributed by atoms with Gasteiger partial charge in [0.05, 0.1) is 6.54 Å². The Kier molecular flexibility index (Phi) is 8.34. The molecule has 0 saturated heterocycles. The Balaban J connectivity index is 1.15. The minimum absolute atomic E-state index is 0.391. The largest absolute Gasteiger partial charge is 0.456 e. The van der Waals surface area contributed by atoms with Crippen LogP contribution < -0.4 is 5.73 Å². The van der Waals surface area contributed by atoms with E-state index in [1.54, 1.807) is 6.08 Å². The van der Waals surface area contributed by atoms with Crippen molar-refractivity contribution >= 4 is 67.1 Å². The van der Waals surface area contributed by atoms with Crippen molar-refractivity contribution in [1.82, 2.24) is 0 Å². The maximum absolute atomic E-state index is 6.74. The molecule has 0 atom stereocenters. The van der Waals surface area contributed by atoms with Gasteiger partial charge in [-0.1, -0.05) is 152 Å². The zero-order chi connectivity index (χ0) is 33.9. The minimum Gasteiger partial charge on any atom is -0.456 e. The molecule has 0 aliphatic rings. The summed E-state index contributed by atoms with van der Waals surface area (Å²) in [6, 6.07) is 50.1. The Morgan fingerprint density at radius 1 is 0.660 bits per heavy atom. The molecule has 0 spiro atoms. The third-order valence-corrected chi connectivity index (χ3v) is 9.20. The van der Waals surface area contributed by atoms with Gasteiger partial charge in [-0.25, -0.2) is 4.99 Å². The molecule has 50 heavy (non-hydrogen) atoms.